The molecule has 0 spiro atoms. The zero-order valence-electron chi connectivity index (χ0n) is 19.2. The zero-order chi connectivity index (χ0) is 24.2. The highest BCUT2D eigenvalue weighted by Crippen LogP contribution is 2.37. The summed E-state index contributed by atoms with van der Waals surface area (Å²) in [5, 5.41) is 12.0. The maximum atomic E-state index is 12.0. The summed E-state index contributed by atoms with van der Waals surface area (Å²) in [6.45, 7) is 6.74. The third-order valence-corrected chi connectivity index (χ3v) is 5.94. The van der Waals surface area contributed by atoms with E-state index in [0.29, 0.717) is 37.5 Å². The summed E-state index contributed by atoms with van der Waals surface area (Å²) in [4.78, 5) is 35.5. The smallest absolute Gasteiger partial charge is 0.373 e. The second-order valence-corrected chi connectivity index (χ2v) is 7.92. The van der Waals surface area contributed by atoms with E-state index in [0.717, 1.165) is 0 Å². The van der Waals surface area contributed by atoms with Gasteiger partial charge in [0.25, 0.3) is 0 Å². The van der Waals surface area contributed by atoms with Crippen LogP contribution in [0.25, 0.3) is 0 Å². The molecule has 0 aliphatic carbocycles. The van der Waals surface area contributed by atoms with E-state index in [2.05, 4.69) is 45.6 Å². The predicted molar refractivity (Wildman–Crippen MR) is 127 cm³/mol. The molecule has 4 rings (SSSR count). The van der Waals surface area contributed by atoms with Crippen LogP contribution in [0.4, 0.5) is 17.2 Å². The molecule has 10 nitrogen and oxygen atoms in total. The maximum absolute atomic E-state index is 12.0. The Kier molecular flexibility index (Phi) is 6.58. The van der Waals surface area contributed by atoms with Gasteiger partial charge in [-0.15, -0.1) is 0 Å². The average Bonchev–Trinajstić information content (AvgIpc) is 2.85. The molecule has 10 heteroatoms. The van der Waals surface area contributed by atoms with Crippen LogP contribution in [0, 0.1) is 24.0 Å². The highest BCUT2D eigenvalue weighted by atomic mass is 16.6. The molecule has 1 fully saturated rings. The number of anilines is 2. The molecule has 1 aromatic heterocycles. The molecule has 2 heterocycles. The van der Waals surface area contributed by atoms with Crippen LogP contribution in [0.3, 0.4) is 0 Å². The van der Waals surface area contributed by atoms with Crippen LogP contribution in [0.5, 0.6) is 11.6 Å². The normalized spacial score (nSPS) is 13.5. The van der Waals surface area contributed by atoms with Crippen molar-refractivity contribution in [3.8, 4) is 11.6 Å². The topological polar surface area (TPSA) is 111 Å². The van der Waals surface area contributed by atoms with Gasteiger partial charge in [-0.1, -0.05) is 12.1 Å². The number of nitrogens with zero attached hydrogens (tertiary/aromatic N) is 5. The van der Waals surface area contributed by atoms with Crippen LogP contribution in [-0.2, 0) is 4.74 Å². The van der Waals surface area contributed by atoms with Crippen molar-refractivity contribution in [2.75, 3.05) is 43.1 Å². The molecule has 1 aliphatic rings. The molecule has 34 heavy (non-hydrogen) atoms. The van der Waals surface area contributed by atoms with Crippen LogP contribution in [0.15, 0.2) is 48.8 Å². The maximum Gasteiger partial charge on any atom is 0.373 e. The van der Waals surface area contributed by atoms with E-state index in [9.17, 15) is 14.9 Å². The SMILES string of the molecule is COC(=O)c1ccc(Oc2ncnc(N3CCN(c4cccc(C)c4C)CC3)c2[N+](=O)[O-])cc1. The molecule has 3 aromatic rings. The van der Waals surface area contributed by atoms with E-state index < -0.39 is 10.9 Å². The number of aromatic nitrogens is 2. The number of carbonyl (C=O) groups excluding carboxylic acids is 1. The zero-order valence-corrected chi connectivity index (χ0v) is 19.2. The minimum atomic E-state index is -0.523. The molecule has 0 N–H and O–H groups in total. The van der Waals surface area contributed by atoms with Crippen molar-refractivity contribution in [1.82, 2.24) is 9.97 Å². The summed E-state index contributed by atoms with van der Waals surface area (Å²) >= 11 is 0. The number of benzene rings is 2. The Morgan fingerprint density at radius 2 is 1.68 bits per heavy atom. The van der Waals surface area contributed by atoms with Gasteiger partial charge in [-0.25, -0.2) is 9.78 Å². The summed E-state index contributed by atoms with van der Waals surface area (Å²) in [6.07, 6.45) is 1.26. The standard InChI is InChI=1S/C24H25N5O5/c1-16-5-4-6-20(17(16)2)27-11-13-28(14-12-27)22-21(29(31)32)23(26-15-25-22)34-19-9-7-18(8-10-19)24(30)33-3/h4-10,15H,11-14H2,1-3H3. The molecule has 0 unspecified atom stereocenters. The van der Waals surface area contributed by atoms with Crippen LogP contribution in [0.1, 0.15) is 21.5 Å². The lowest BCUT2D eigenvalue weighted by atomic mass is 10.1. The van der Waals surface area contributed by atoms with Crippen molar-refractivity contribution in [1.29, 1.82) is 0 Å². The monoisotopic (exact) mass is 463 g/mol. The number of methoxy groups -OCH3 is 1. The van der Waals surface area contributed by atoms with Crippen LogP contribution in [0.2, 0.25) is 0 Å². The molecule has 0 radical (unpaired) electrons. The van der Waals surface area contributed by atoms with Crippen LogP contribution < -0.4 is 14.5 Å². The third-order valence-electron chi connectivity index (χ3n) is 5.94. The number of aryl methyl sites for hydroxylation is 1. The Hall–Kier alpha value is -4.21. The second-order valence-electron chi connectivity index (χ2n) is 7.92. The highest BCUT2D eigenvalue weighted by molar-refractivity contribution is 5.89. The van der Waals surface area contributed by atoms with E-state index in [4.69, 9.17) is 4.74 Å². The lowest BCUT2D eigenvalue weighted by Gasteiger charge is -2.37. The summed E-state index contributed by atoms with van der Waals surface area (Å²) in [7, 11) is 1.29. The minimum absolute atomic E-state index is 0.155. The van der Waals surface area contributed by atoms with Gasteiger partial charge in [0.2, 0.25) is 5.82 Å². The second kappa shape index (κ2) is 9.74. The lowest BCUT2D eigenvalue weighted by molar-refractivity contribution is -0.385. The Labute approximate surface area is 196 Å². The molecule has 0 bridgehead atoms. The molecular weight excluding hydrogens is 438 g/mol. The van der Waals surface area contributed by atoms with E-state index in [1.165, 1.54) is 54.5 Å². The summed E-state index contributed by atoms with van der Waals surface area (Å²) < 4.78 is 10.4. The Balaban J connectivity index is 1.54. The molecule has 0 saturated carbocycles. The molecule has 176 valence electrons. The third kappa shape index (κ3) is 4.61. The fraction of sp³-hybridized carbons (Fsp3) is 0.292. The van der Waals surface area contributed by atoms with Gasteiger partial charge in [0, 0.05) is 31.9 Å². The number of nitro groups is 1. The van der Waals surface area contributed by atoms with Gasteiger partial charge in [-0.2, -0.15) is 4.98 Å². The molecule has 0 atom stereocenters. The number of ether oxygens (including phenoxy) is 2. The Morgan fingerprint density at radius 3 is 2.32 bits per heavy atom. The van der Waals surface area contributed by atoms with E-state index >= 15 is 0 Å². The lowest BCUT2D eigenvalue weighted by Crippen LogP contribution is -2.47. The molecular formula is C24H25N5O5. The molecule has 2 aromatic carbocycles. The molecule has 1 saturated heterocycles. The first-order valence-corrected chi connectivity index (χ1v) is 10.8. The Bertz CT molecular complexity index is 1210. The van der Waals surface area contributed by atoms with Crippen molar-refractivity contribution >= 4 is 23.2 Å². The summed E-state index contributed by atoms with van der Waals surface area (Å²) in [5.41, 5.74) is 3.69. The number of carbonyl (C=O) groups is 1. The number of hydrogen-bond acceptors (Lipinski definition) is 9. The van der Waals surface area contributed by atoms with Gasteiger partial charge < -0.3 is 19.3 Å². The number of hydrogen-bond donors (Lipinski definition) is 0. The molecule has 1 aliphatic heterocycles. The predicted octanol–water partition coefficient (Wildman–Crippen LogP) is 3.91. The van der Waals surface area contributed by atoms with E-state index in [1.54, 1.807) is 0 Å². The number of esters is 1. The first-order chi connectivity index (χ1) is 16.4. The van der Waals surface area contributed by atoms with Gasteiger partial charge in [0.15, 0.2) is 0 Å². The van der Waals surface area contributed by atoms with Crippen molar-refractivity contribution in [2.45, 2.75) is 13.8 Å². The average molecular weight is 463 g/mol. The largest absolute Gasteiger partial charge is 0.465 e. The van der Waals surface area contributed by atoms with E-state index in [1.807, 2.05) is 11.0 Å². The van der Waals surface area contributed by atoms with Crippen molar-refractivity contribution in [3.05, 3.63) is 75.6 Å². The quantitative estimate of drug-likeness (QED) is 0.305. The van der Waals surface area contributed by atoms with Crippen LogP contribution >= 0.6 is 0 Å². The minimum Gasteiger partial charge on any atom is -0.465 e. The van der Waals surface area contributed by atoms with Gasteiger partial charge in [0.1, 0.15) is 12.1 Å². The molecule has 0 amide bonds. The van der Waals surface area contributed by atoms with Gasteiger partial charge in [-0.3, -0.25) is 10.1 Å². The van der Waals surface area contributed by atoms with Gasteiger partial charge >= 0.3 is 17.5 Å². The fourth-order valence-corrected chi connectivity index (χ4v) is 3.95. The van der Waals surface area contributed by atoms with Crippen LogP contribution in [-0.4, -0.2) is 54.1 Å². The first kappa shape index (κ1) is 23.0. The number of rotatable bonds is 6. The van der Waals surface area contributed by atoms with Gasteiger partial charge in [0.05, 0.1) is 17.6 Å². The first-order valence-electron chi connectivity index (χ1n) is 10.8. The van der Waals surface area contributed by atoms with E-state index in [-0.39, 0.29) is 17.4 Å². The summed E-state index contributed by atoms with van der Waals surface area (Å²) in [6, 6.07) is 12.3. The highest BCUT2D eigenvalue weighted by Gasteiger charge is 2.31. The number of piperazine rings is 1. The van der Waals surface area contributed by atoms with Crippen molar-refractivity contribution in [3.63, 3.8) is 0 Å². The fourth-order valence-electron chi connectivity index (χ4n) is 3.95. The Morgan fingerprint density at radius 1 is 1.00 bits per heavy atom. The van der Waals surface area contributed by atoms with Gasteiger partial charge in [-0.05, 0) is 55.3 Å². The van der Waals surface area contributed by atoms with Crippen molar-refractivity contribution < 1.29 is 19.2 Å². The summed E-state index contributed by atoms with van der Waals surface area (Å²) in [5.74, 6) is -0.110. The van der Waals surface area contributed by atoms with Crippen molar-refractivity contribution in [2.24, 2.45) is 0 Å².